The Morgan fingerprint density at radius 1 is 1.73 bits per heavy atom. The van der Waals surface area contributed by atoms with Crippen LogP contribution in [0.25, 0.3) is 0 Å². The molecule has 0 aromatic carbocycles. The van der Waals surface area contributed by atoms with Crippen molar-refractivity contribution in [1.29, 1.82) is 0 Å². The zero-order valence-electron chi connectivity index (χ0n) is 8.51. The van der Waals surface area contributed by atoms with Crippen LogP contribution in [0.2, 0.25) is 0 Å². The van der Waals surface area contributed by atoms with Gasteiger partial charge in [0.25, 0.3) is 0 Å². The molecule has 1 aromatic heterocycles. The highest BCUT2D eigenvalue weighted by atomic mass is 16.5. The highest BCUT2D eigenvalue weighted by Gasteiger charge is 2.17. The summed E-state index contributed by atoms with van der Waals surface area (Å²) in [5.41, 5.74) is 5.98. The van der Waals surface area contributed by atoms with Crippen LogP contribution in [0.5, 0.6) is 5.75 Å². The van der Waals surface area contributed by atoms with Crippen molar-refractivity contribution < 1.29 is 14.6 Å². The van der Waals surface area contributed by atoms with Crippen molar-refractivity contribution in [3.63, 3.8) is 0 Å². The molecule has 1 atom stereocenters. The number of rotatable bonds is 4. The predicted molar refractivity (Wildman–Crippen MR) is 54.2 cm³/mol. The van der Waals surface area contributed by atoms with E-state index in [4.69, 9.17) is 10.5 Å². The number of hydrogen-bond acceptors (Lipinski definition) is 5. The Balaban J connectivity index is 2.62. The molecule has 3 N–H and O–H groups in total. The first-order valence-corrected chi connectivity index (χ1v) is 4.70. The molecule has 1 rings (SSSR count). The van der Waals surface area contributed by atoms with E-state index in [9.17, 15) is 9.90 Å². The largest absolute Gasteiger partial charge is 0.506 e. The number of esters is 1. The van der Waals surface area contributed by atoms with Crippen molar-refractivity contribution in [1.82, 2.24) is 4.98 Å². The summed E-state index contributed by atoms with van der Waals surface area (Å²) in [6, 6.07) is 2.32. The Hall–Kier alpha value is -1.62. The van der Waals surface area contributed by atoms with Gasteiger partial charge < -0.3 is 15.6 Å². The van der Waals surface area contributed by atoms with Crippen molar-refractivity contribution in [2.24, 2.45) is 5.73 Å². The third-order valence-electron chi connectivity index (χ3n) is 1.87. The number of ether oxygens (including phenoxy) is 1. The van der Waals surface area contributed by atoms with Gasteiger partial charge in [0.1, 0.15) is 11.8 Å². The molecular weight excluding hydrogens is 196 g/mol. The highest BCUT2D eigenvalue weighted by Crippen LogP contribution is 2.14. The van der Waals surface area contributed by atoms with Gasteiger partial charge in [-0.05, 0) is 19.1 Å². The van der Waals surface area contributed by atoms with Gasteiger partial charge in [0.15, 0.2) is 0 Å². The summed E-state index contributed by atoms with van der Waals surface area (Å²) >= 11 is 0. The predicted octanol–water partition coefficient (Wildman–Crippen LogP) is 0.220. The quantitative estimate of drug-likeness (QED) is 0.694. The molecule has 0 saturated heterocycles. The normalized spacial score (nSPS) is 12.1. The third-order valence-corrected chi connectivity index (χ3v) is 1.87. The first-order chi connectivity index (χ1) is 7.15. The molecule has 0 aliphatic rings. The molecule has 5 heteroatoms. The lowest BCUT2D eigenvalue weighted by molar-refractivity contribution is -0.144. The molecule has 0 radical (unpaired) electrons. The Labute approximate surface area is 87.9 Å². The van der Waals surface area contributed by atoms with Crippen LogP contribution >= 0.6 is 0 Å². The van der Waals surface area contributed by atoms with E-state index in [1.165, 1.54) is 12.3 Å². The summed E-state index contributed by atoms with van der Waals surface area (Å²) < 4.78 is 4.74. The number of aromatic hydroxyl groups is 1. The van der Waals surface area contributed by atoms with Gasteiger partial charge in [-0.3, -0.25) is 9.78 Å². The monoisotopic (exact) mass is 210 g/mol. The summed E-state index contributed by atoms with van der Waals surface area (Å²) in [6.07, 6.45) is 1.71. The summed E-state index contributed by atoms with van der Waals surface area (Å²) in [7, 11) is 0. The van der Waals surface area contributed by atoms with Crippen LogP contribution in [0.15, 0.2) is 18.3 Å². The van der Waals surface area contributed by atoms with Gasteiger partial charge in [0, 0.05) is 12.6 Å². The second-order valence-corrected chi connectivity index (χ2v) is 3.03. The maximum Gasteiger partial charge on any atom is 0.323 e. The minimum absolute atomic E-state index is 0.0391. The van der Waals surface area contributed by atoms with E-state index in [0.717, 1.165) is 0 Å². The molecule has 0 bridgehead atoms. The zero-order valence-corrected chi connectivity index (χ0v) is 8.51. The molecule has 1 heterocycles. The second kappa shape index (κ2) is 5.31. The number of nitrogens with two attached hydrogens (primary N) is 1. The maximum atomic E-state index is 11.2. The van der Waals surface area contributed by atoms with Crippen LogP contribution in [0.3, 0.4) is 0 Å². The Kier molecular flexibility index (Phi) is 4.05. The zero-order chi connectivity index (χ0) is 11.3. The van der Waals surface area contributed by atoms with Crippen molar-refractivity contribution in [3.8, 4) is 5.75 Å². The molecule has 0 spiro atoms. The van der Waals surface area contributed by atoms with E-state index in [1.807, 2.05) is 0 Å². The first-order valence-electron chi connectivity index (χ1n) is 4.70. The first kappa shape index (κ1) is 11.5. The number of hydrogen-bond donors (Lipinski definition) is 2. The van der Waals surface area contributed by atoms with Crippen LogP contribution in [0, 0.1) is 0 Å². The summed E-state index contributed by atoms with van der Waals surface area (Å²) in [5, 5.41) is 9.40. The molecule has 0 aliphatic heterocycles. The molecule has 1 unspecified atom stereocenters. The Morgan fingerprint density at radius 3 is 3.07 bits per heavy atom. The van der Waals surface area contributed by atoms with E-state index in [2.05, 4.69) is 4.98 Å². The minimum Gasteiger partial charge on any atom is -0.506 e. The second-order valence-electron chi connectivity index (χ2n) is 3.03. The number of carbonyl (C=O) groups is 1. The fraction of sp³-hybridized carbons (Fsp3) is 0.400. The van der Waals surface area contributed by atoms with Crippen LogP contribution in [0.4, 0.5) is 0 Å². The van der Waals surface area contributed by atoms with Crippen molar-refractivity contribution in [2.45, 2.75) is 19.4 Å². The minimum atomic E-state index is -0.786. The van der Waals surface area contributed by atoms with Crippen LogP contribution < -0.4 is 5.73 Å². The molecule has 82 valence electrons. The number of pyridine rings is 1. The van der Waals surface area contributed by atoms with Crippen molar-refractivity contribution in [2.75, 3.05) is 6.61 Å². The van der Waals surface area contributed by atoms with Gasteiger partial charge in [-0.2, -0.15) is 0 Å². The lowest BCUT2D eigenvalue weighted by Gasteiger charge is -2.10. The van der Waals surface area contributed by atoms with Gasteiger partial charge in [-0.15, -0.1) is 0 Å². The van der Waals surface area contributed by atoms with E-state index < -0.39 is 12.0 Å². The van der Waals surface area contributed by atoms with Gasteiger partial charge in [-0.1, -0.05) is 0 Å². The lowest BCUT2D eigenvalue weighted by atomic mass is 10.1. The number of aromatic nitrogens is 1. The smallest absolute Gasteiger partial charge is 0.323 e. The molecule has 5 nitrogen and oxygen atoms in total. The van der Waals surface area contributed by atoms with Crippen LogP contribution in [-0.2, 0) is 16.0 Å². The highest BCUT2D eigenvalue weighted by molar-refractivity contribution is 5.75. The van der Waals surface area contributed by atoms with E-state index in [-0.39, 0.29) is 12.2 Å². The number of carbonyl (C=O) groups excluding carboxylic acids is 1. The summed E-state index contributed by atoms with van der Waals surface area (Å²) in [5.74, 6) is -0.445. The van der Waals surface area contributed by atoms with Gasteiger partial charge in [-0.25, -0.2) is 0 Å². The fourth-order valence-electron chi connectivity index (χ4n) is 1.13. The molecule has 1 aromatic rings. The fourth-order valence-corrected chi connectivity index (χ4v) is 1.13. The van der Waals surface area contributed by atoms with E-state index in [0.29, 0.717) is 12.3 Å². The molecule has 0 fully saturated rings. The molecular formula is C10H14N2O3. The molecule has 0 amide bonds. The van der Waals surface area contributed by atoms with Crippen LogP contribution in [0.1, 0.15) is 12.6 Å². The number of nitrogens with zero attached hydrogens (tertiary/aromatic N) is 1. The van der Waals surface area contributed by atoms with Gasteiger partial charge in [0.05, 0.1) is 12.3 Å². The van der Waals surface area contributed by atoms with E-state index in [1.54, 1.807) is 13.0 Å². The summed E-state index contributed by atoms with van der Waals surface area (Å²) in [6.45, 7) is 2.00. The average molecular weight is 210 g/mol. The molecule has 0 aliphatic carbocycles. The van der Waals surface area contributed by atoms with Crippen molar-refractivity contribution in [3.05, 3.63) is 24.0 Å². The standard InChI is InChI=1S/C10H14N2O3/c1-2-15-10(14)7(11)6-8-9(13)4-3-5-12-8/h3-5,7,13H,2,6,11H2,1H3. The lowest BCUT2D eigenvalue weighted by Crippen LogP contribution is -2.34. The average Bonchev–Trinajstić information content (AvgIpc) is 2.21. The van der Waals surface area contributed by atoms with Gasteiger partial charge >= 0.3 is 5.97 Å². The SMILES string of the molecule is CCOC(=O)C(N)Cc1ncccc1O. The van der Waals surface area contributed by atoms with E-state index >= 15 is 0 Å². The summed E-state index contributed by atoms with van der Waals surface area (Å²) in [4.78, 5) is 15.1. The topological polar surface area (TPSA) is 85.4 Å². The Morgan fingerprint density at radius 2 is 2.47 bits per heavy atom. The van der Waals surface area contributed by atoms with Crippen LogP contribution in [-0.4, -0.2) is 28.7 Å². The van der Waals surface area contributed by atoms with Crippen molar-refractivity contribution >= 4 is 5.97 Å². The maximum absolute atomic E-state index is 11.2. The molecule has 15 heavy (non-hydrogen) atoms. The third kappa shape index (κ3) is 3.21. The van der Waals surface area contributed by atoms with Gasteiger partial charge in [0.2, 0.25) is 0 Å². The Bertz CT molecular complexity index is 341. The molecule has 0 saturated carbocycles.